The highest BCUT2D eigenvalue weighted by molar-refractivity contribution is 7.18. The predicted molar refractivity (Wildman–Crippen MR) is 95.8 cm³/mol. The molecule has 0 amide bonds. The topological polar surface area (TPSA) is 59.4 Å². The molecular weight excluding hydrogens is 346 g/mol. The summed E-state index contributed by atoms with van der Waals surface area (Å²) < 4.78 is 29.1. The van der Waals surface area contributed by atoms with Crippen LogP contribution in [-0.2, 0) is 0 Å². The Hall–Kier alpha value is -2.61. The van der Waals surface area contributed by atoms with Crippen LogP contribution in [0.3, 0.4) is 0 Å². The normalized spacial score (nSPS) is 12.0. The second-order valence-electron chi connectivity index (χ2n) is 5.40. The molecule has 0 unspecified atom stereocenters. The summed E-state index contributed by atoms with van der Waals surface area (Å²) in [6.07, 6.45) is 1.49. The highest BCUT2D eigenvalue weighted by Gasteiger charge is 2.12. The number of hydrazone groups is 1. The molecule has 3 rings (SSSR count). The van der Waals surface area contributed by atoms with Crippen LogP contribution >= 0.6 is 11.3 Å². The van der Waals surface area contributed by atoms with Crippen LogP contribution < -0.4 is 10.2 Å². The lowest BCUT2D eigenvalue weighted by atomic mass is 10.1. The summed E-state index contributed by atoms with van der Waals surface area (Å²) in [6.45, 7) is 2.97. The fourth-order valence-corrected chi connectivity index (χ4v) is 3.36. The molecule has 0 aliphatic carbocycles. The Bertz CT molecular complexity index is 940. The molecule has 1 N–H and O–H groups in total. The summed E-state index contributed by atoms with van der Waals surface area (Å²) in [7, 11) is 0. The van der Waals surface area contributed by atoms with Gasteiger partial charge in [0.25, 0.3) is 0 Å². The minimum Gasteiger partial charge on any atom is -0.435 e. The number of halogens is 2. The van der Waals surface area contributed by atoms with Gasteiger partial charge in [0, 0.05) is 10.4 Å². The third-order valence-electron chi connectivity index (χ3n) is 3.77. The number of thiophene rings is 1. The molecule has 0 atom stereocenters. The van der Waals surface area contributed by atoms with Gasteiger partial charge in [0.1, 0.15) is 16.9 Å². The van der Waals surface area contributed by atoms with Crippen molar-refractivity contribution in [1.82, 2.24) is 9.97 Å². The van der Waals surface area contributed by atoms with Crippen molar-refractivity contribution in [1.29, 1.82) is 0 Å². The number of hydrogen-bond donors (Lipinski definition) is 1. The van der Waals surface area contributed by atoms with E-state index in [4.69, 9.17) is 0 Å². The maximum absolute atomic E-state index is 12.3. The monoisotopic (exact) mass is 362 g/mol. The van der Waals surface area contributed by atoms with E-state index < -0.39 is 6.61 Å². The molecule has 0 radical (unpaired) electrons. The second kappa shape index (κ2) is 7.10. The number of ether oxygens (including phenoxy) is 1. The predicted octanol–water partition coefficient (Wildman–Crippen LogP) is 4.75. The lowest BCUT2D eigenvalue weighted by Crippen LogP contribution is -2.04. The van der Waals surface area contributed by atoms with E-state index in [1.54, 1.807) is 30.4 Å². The second-order valence-corrected chi connectivity index (χ2v) is 6.60. The van der Waals surface area contributed by atoms with Crippen molar-refractivity contribution >= 4 is 33.1 Å². The quantitative estimate of drug-likeness (QED) is 0.526. The number of anilines is 1. The summed E-state index contributed by atoms with van der Waals surface area (Å²) in [4.78, 5) is 10.6. The Kier molecular flexibility index (Phi) is 4.89. The van der Waals surface area contributed by atoms with Gasteiger partial charge in [-0.2, -0.15) is 13.9 Å². The Labute approximate surface area is 147 Å². The molecule has 0 spiro atoms. The minimum absolute atomic E-state index is 0.0933. The first-order chi connectivity index (χ1) is 12.0. The first-order valence-electron chi connectivity index (χ1n) is 7.52. The van der Waals surface area contributed by atoms with Gasteiger partial charge >= 0.3 is 6.61 Å². The number of rotatable bonds is 5. The molecule has 25 heavy (non-hydrogen) atoms. The Morgan fingerprint density at radius 3 is 2.84 bits per heavy atom. The van der Waals surface area contributed by atoms with Crippen molar-refractivity contribution in [3.8, 4) is 5.75 Å². The molecule has 0 bridgehead atoms. The number of hydrogen-bond acceptors (Lipinski definition) is 6. The number of nitrogens with zero attached hydrogens (tertiary/aromatic N) is 3. The summed E-state index contributed by atoms with van der Waals surface area (Å²) >= 11 is 1.60. The van der Waals surface area contributed by atoms with Gasteiger partial charge in [-0.25, -0.2) is 9.97 Å². The van der Waals surface area contributed by atoms with Crippen molar-refractivity contribution in [2.45, 2.75) is 27.4 Å². The van der Waals surface area contributed by atoms with E-state index in [9.17, 15) is 8.78 Å². The zero-order chi connectivity index (χ0) is 18.0. The maximum atomic E-state index is 12.3. The van der Waals surface area contributed by atoms with Crippen molar-refractivity contribution in [2.75, 3.05) is 5.43 Å². The van der Waals surface area contributed by atoms with Crippen LogP contribution in [0.25, 0.3) is 10.2 Å². The maximum Gasteiger partial charge on any atom is 0.387 e. The van der Waals surface area contributed by atoms with Gasteiger partial charge in [0.2, 0.25) is 0 Å². The molecule has 0 saturated carbocycles. The molecular formula is C17H16F2N4OS. The zero-order valence-electron chi connectivity index (χ0n) is 13.9. The van der Waals surface area contributed by atoms with Crippen LogP contribution in [0, 0.1) is 13.8 Å². The van der Waals surface area contributed by atoms with Gasteiger partial charge in [-0.1, -0.05) is 12.1 Å². The van der Waals surface area contributed by atoms with E-state index in [1.165, 1.54) is 23.3 Å². The van der Waals surface area contributed by atoms with E-state index in [-0.39, 0.29) is 5.75 Å². The van der Waals surface area contributed by atoms with Crippen LogP contribution in [0.2, 0.25) is 0 Å². The first-order valence-corrected chi connectivity index (χ1v) is 8.33. The molecule has 0 aliphatic rings. The van der Waals surface area contributed by atoms with Crippen LogP contribution in [0.1, 0.15) is 22.9 Å². The standard InChI is InChI=1S/C17H16F2N4OS/c1-9-11(3)25-16-14(9)15(20-8-21-16)23-22-10(2)12-5-4-6-13(7-12)24-17(18)19/h4-8,17H,1-3H3,(H,20,21,23)/b22-10+. The van der Waals surface area contributed by atoms with Gasteiger partial charge < -0.3 is 4.74 Å². The van der Waals surface area contributed by atoms with Gasteiger partial charge in [-0.15, -0.1) is 11.3 Å². The minimum atomic E-state index is -2.86. The van der Waals surface area contributed by atoms with E-state index in [0.717, 1.165) is 15.8 Å². The lowest BCUT2D eigenvalue weighted by molar-refractivity contribution is -0.0498. The third-order valence-corrected chi connectivity index (χ3v) is 4.89. The molecule has 5 nitrogen and oxygen atoms in total. The number of benzene rings is 1. The van der Waals surface area contributed by atoms with Crippen molar-refractivity contribution in [3.63, 3.8) is 0 Å². The molecule has 3 aromatic rings. The van der Waals surface area contributed by atoms with E-state index >= 15 is 0 Å². The van der Waals surface area contributed by atoms with E-state index in [1.807, 2.05) is 13.8 Å². The van der Waals surface area contributed by atoms with Gasteiger partial charge in [-0.05, 0) is 38.5 Å². The van der Waals surface area contributed by atoms with Gasteiger partial charge in [0.15, 0.2) is 5.82 Å². The third kappa shape index (κ3) is 3.74. The van der Waals surface area contributed by atoms with Gasteiger partial charge in [0.05, 0.1) is 11.1 Å². The van der Waals surface area contributed by atoms with E-state index in [0.29, 0.717) is 17.1 Å². The summed E-state index contributed by atoms with van der Waals surface area (Å²) in [5.74, 6) is 0.710. The molecule has 1 aromatic carbocycles. The van der Waals surface area contributed by atoms with Crippen LogP contribution in [0.4, 0.5) is 14.6 Å². The Morgan fingerprint density at radius 1 is 1.28 bits per heavy atom. The molecule has 130 valence electrons. The summed E-state index contributed by atoms with van der Waals surface area (Å²) in [5.41, 5.74) is 5.37. The number of fused-ring (bicyclic) bond motifs is 1. The average molecular weight is 362 g/mol. The number of nitrogens with one attached hydrogen (secondary N) is 1. The lowest BCUT2D eigenvalue weighted by Gasteiger charge is -2.07. The van der Waals surface area contributed by atoms with E-state index in [2.05, 4.69) is 25.2 Å². The van der Waals surface area contributed by atoms with Crippen molar-refractivity contribution in [3.05, 3.63) is 46.6 Å². The highest BCUT2D eigenvalue weighted by Crippen LogP contribution is 2.32. The van der Waals surface area contributed by atoms with Crippen LogP contribution in [0.5, 0.6) is 5.75 Å². The average Bonchev–Trinajstić information content (AvgIpc) is 2.87. The van der Waals surface area contributed by atoms with Crippen LogP contribution in [0.15, 0.2) is 35.7 Å². The number of alkyl halides is 2. The summed E-state index contributed by atoms with van der Waals surface area (Å²) in [6, 6.07) is 6.40. The van der Waals surface area contributed by atoms with Crippen LogP contribution in [-0.4, -0.2) is 22.3 Å². The van der Waals surface area contributed by atoms with Gasteiger partial charge in [-0.3, -0.25) is 5.43 Å². The Morgan fingerprint density at radius 2 is 2.08 bits per heavy atom. The molecule has 0 aliphatic heterocycles. The molecule has 0 fully saturated rings. The Balaban J connectivity index is 1.87. The molecule has 2 heterocycles. The number of aryl methyl sites for hydroxylation is 2. The molecule has 8 heteroatoms. The van der Waals surface area contributed by atoms with Crippen molar-refractivity contribution < 1.29 is 13.5 Å². The fraction of sp³-hybridized carbons (Fsp3) is 0.235. The molecule has 2 aromatic heterocycles. The highest BCUT2D eigenvalue weighted by atomic mass is 32.1. The van der Waals surface area contributed by atoms with Crippen molar-refractivity contribution in [2.24, 2.45) is 5.10 Å². The SMILES string of the molecule is C/C(=N\Nc1ncnc2sc(C)c(C)c12)c1cccc(OC(F)F)c1. The first kappa shape index (κ1) is 17.2. The largest absolute Gasteiger partial charge is 0.435 e. The number of aromatic nitrogens is 2. The smallest absolute Gasteiger partial charge is 0.387 e. The molecule has 0 saturated heterocycles. The summed E-state index contributed by atoms with van der Waals surface area (Å²) in [5, 5.41) is 5.26. The zero-order valence-corrected chi connectivity index (χ0v) is 14.7. The fourth-order valence-electron chi connectivity index (χ4n) is 2.37.